The number of hydrogen-bond donors (Lipinski definition) is 4. The van der Waals surface area contributed by atoms with E-state index in [9.17, 15) is 26.4 Å². The number of amides is 2. The van der Waals surface area contributed by atoms with E-state index in [4.69, 9.17) is 9.47 Å². The van der Waals surface area contributed by atoms with E-state index in [0.717, 1.165) is 61.4 Å². The molecule has 4 N–H and O–H groups in total. The van der Waals surface area contributed by atoms with E-state index >= 15 is 0 Å². The molecule has 2 saturated heterocycles. The average molecular weight is 1040 g/mol. The zero-order chi connectivity index (χ0) is 50.2. The molecule has 2 amide bonds. The summed E-state index contributed by atoms with van der Waals surface area (Å²) in [5.41, 5.74) is 1.00. The number of piperidine rings is 2. The predicted molar refractivity (Wildman–Crippen MR) is 283 cm³/mol. The van der Waals surface area contributed by atoms with E-state index < -0.39 is 20.0 Å². The summed E-state index contributed by atoms with van der Waals surface area (Å²) in [6.45, 7) is 9.13. The number of benzene rings is 2. The second-order valence-electron chi connectivity index (χ2n) is 18.1. The second kappa shape index (κ2) is 30.2. The summed E-state index contributed by atoms with van der Waals surface area (Å²) in [7, 11) is -3.90. The molecule has 4 aromatic rings. The number of rotatable bonds is 28. The Morgan fingerprint density at radius 3 is 1.33 bits per heavy atom. The van der Waals surface area contributed by atoms with Gasteiger partial charge in [0.25, 0.3) is 31.9 Å². The summed E-state index contributed by atoms with van der Waals surface area (Å²) in [5.74, 6) is 0.778. The van der Waals surface area contributed by atoms with E-state index in [1.54, 1.807) is 95.6 Å². The van der Waals surface area contributed by atoms with Gasteiger partial charge in [0.15, 0.2) is 0 Å². The Morgan fingerprint density at radius 1 is 0.543 bits per heavy atom. The fraction of sp³-hybridized carbons (Fsp3) is 0.577. The highest BCUT2D eigenvalue weighted by Crippen LogP contribution is 2.29. The lowest BCUT2D eigenvalue weighted by Gasteiger charge is -2.31. The first-order valence-corrected chi connectivity index (χ1v) is 29.9. The molecule has 0 aliphatic carbocycles. The number of hydrogen-bond acceptors (Lipinski definition) is 12. The summed E-state index contributed by atoms with van der Waals surface area (Å²) in [4.78, 5) is 26.4. The number of carbonyl (C=O) groups is 2. The third-order valence-electron chi connectivity index (χ3n) is 12.8. The summed E-state index contributed by atoms with van der Waals surface area (Å²) in [6, 6.07) is 21.5. The van der Waals surface area contributed by atoms with Gasteiger partial charge < -0.3 is 30.7 Å². The molecule has 2 aromatic heterocycles. The van der Waals surface area contributed by atoms with E-state index in [2.05, 4.69) is 35.1 Å². The molecule has 0 saturated carbocycles. The van der Waals surface area contributed by atoms with Crippen molar-refractivity contribution in [1.29, 1.82) is 0 Å². The van der Waals surface area contributed by atoms with Crippen LogP contribution in [0.1, 0.15) is 147 Å². The molecule has 14 nitrogen and oxygen atoms in total. The summed E-state index contributed by atoms with van der Waals surface area (Å²) in [6.07, 6.45) is 19.0. The van der Waals surface area contributed by atoms with Gasteiger partial charge in [-0.2, -0.15) is 8.61 Å². The minimum Gasteiger partial charge on any atom is -0.497 e. The maximum Gasteiger partial charge on any atom is 0.252 e. The Balaban J connectivity index is 0.000000267. The summed E-state index contributed by atoms with van der Waals surface area (Å²) in [5, 5.41) is 12.9. The molecule has 6 rings (SSSR count). The van der Waals surface area contributed by atoms with Crippen molar-refractivity contribution in [2.75, 3.05) is 53.5 Å². The second-order valence-corrected chi connectivity index (χ2v) is 24.7. The Kier molecular flexibility index (Phi) is 24.6. The lowest BCUT2D eigenvalue weighted by atomic mass is 10.1. The first-order chi connectivity index (χ1) is 33.9. The topological polar surface area (TPSA) is 175 Å². The van der Waals surface area contributed by atoms with Crippen molar-refractivity contribution in [3.05, 3.63) is 93.7 Å². The number of unbranched alkanes of at least 4 members (excludes halogenated alkanes) is 10. The smallest absolute Gasteiger partial charge is 0.252 e. The maximum absolute atomic E-state index is 13.2. The molecule has 2 fully saturated rings. The monoisotopic (exact) mass is 1040 g/mol. The predicted octanol–water partition coefficient (Wildman–Crippen LogP) is 9.58. The maximum atomic E-state index is 13.2. The van der Waals surface area contributed by atoms with Crippen molar-refractivity contribution in [1.82, 2.24) is 29.9 Å². The van der Waals surface area contributed by atoms with E-state index in [0.29, 0.717) is 69.3 Å². The van der Waals surface area contributed by atoms with Crippen molar-refractivity contribution in [2.45, 2.75) is 150 Å². The van der Waals surface area contributed by atoms with E-state index in [1.165, 1.54) is 86.9 Å². The molecule has 0 radical (unpaired) electrons. The van der Waals surface area contributed by atoms with Crippen LogP contribution in [0.3, 0.4) is 0 Å². The number of nitrogens with zero attached hydrogens (tertiary/aromatic N) is 2. The van der Waals surface area contributed by atoms with Gasteiger partial charge in [0, 0.05) is 59.1 Å². The van der Waals surface area contributed by atoms with Crippen LogP contribution in [0.15, 0.2) is 81.2 Å². The molecule has 2 aliphatic heterocycles. The van der Waals surface area contributed by atoms with Gasteiger partial charge in [-0.3, -0.25) is 9.59 Å². The first kappa shape index (κ1) is 57.0. The zero-order valence-electron chi connectivity index (χ0n) is 41.8. The van der Waals surface area contributed by atoms with Crippen molar-refractivity contribution in [3.63, 3.8) is 0 Å². The van der Waals surface area contributed by atoms with Gasteiger partial charge in [-0.1, -0.05) is 90.2 Å². The molecule has 2 aromatic carbocycles. The molecular formula is C52H78N6O8S4. The van der Waals surface area contributed by atoms with Crippen molar-refractivity contribution < 1.29 is 35.9 Å². The molecule has 70 heavy (non-hydrogen) atoms. The summed E-state index contributed by atoms with van der Waals surface area (Å²) >= 11 is 2.44. The van der Waals surface area contributed by atoms with Crippen LogP contribution in [0.4, 0.5) is 0 Å². The Morgan fingerprint density at radius 2 is 0.929 bits per heavy atom. The minimum atomic E-state index is -3.52. The standard InChI is InChI=1S/C30H47N3O4S2.C22H31N3O4S2/c1-3-4-5-6-7-8-9-10-11-12-20-31-26-18-21-33(22-19-26)39(35,36)29-17-16-28(38-29)24-32-30(34)25-14-13-15-27(23-25)37-2;1-3-4-12-23-18-10-13-25(14-11-18)31(27,28)21-9-8-20(30-21)16-24-22(26)17-6-5-7-19(15-17)29-2/h13-17,23,26,31H,3-12,18-22,24H2,1-2H3,(H,32,34);5-9,15,18,23H,3-4,10-14,16H2,1-2H3,(H,24,26). The molecule has 0 spiro atoms. The van der Waals surface area contributed by atoms with Gasteiger partial charge in [-0.25, -0.2) is 16.8 Å². The van der Waals surface area contributed by atoms with Gasteiger partial charge in [0.2, 0.25) is 0 Å². The zero-order valence-corrected chi connectivity index (χ0v) is 45.1. The fourth-order valence-electron chi connectivity index (χ4n) is 8.51. The molecule has 4 heterocycles. The molecule has 0 atom stereocenters. The van der Waals surface area contributed by atoms with Gasteiger partial charge in [0.05, 0.1) is 27.3 Å². The number of thiophene rings is 2. The quantitative estimate of drug-likeness (QED) is 0.0401. The highest BCUT2D eigenvalue weighted by Gasteiger charge is 2.32. The normalized spacial score (nSPS) is 15.3. The van der Waals surface area contributed by atoms with Gasteiger partial charge >= 0.3 is 0 Å². The van der Waals surface area contributed by atoms with Crippen LogP contribution in [-0.2, 0) is 33.1 Å². The lowest BCUT2D eigenvalue weighted by molar-refractivity contribution is 0.0943. The number of sulfonamides is 2. The molecule has 2 aliphatic rings. The van der Waals surface area contributed by atoms with Crippen LogP contribution in [0.5, 0.6) is 11.5 Å². The number of methoxy groups -OCH3 is 2. The Labute approximate surface area is 426 Å². The van der Waals surface area contributed by atoms with E-state index in [1.807, 2.05) is 0 Å². The van der Waals surface area contributed by atoms with Crippen molar-refractivity contribution in [3.8, 4) is 11.5 Å². The highest BCUT2D eigenvalue weighted by atomic mass is 32.3. The van der Waals surface area contributed by atoms with Gasteiger partial charge in [0.1, 0.15) is 19.9 Å². The van der Waals surface area contributed by atoms with Crippen LogP contribution in [-0.4, -0.2) is 103 Å². The third kappa shape index (κ3) is 18.3. The van der Waals surface area contributed by atoms with E-state index in [-0.39, 0.29) is 24.9 Å². The largest absolute Gasteiger partial charge is 0.497 e. The highest BCUT2D eigenvalue weighted by molar-refractivity contribution is 7.91. The minimum absolute atomic E-state index is 0.223. The van der Waals surface area contributed by atoms with Crippen LogP contribution in [0.2, 0.25) is 0 Å². The number of nitrogens with one attached hydrogen (secondary N) is 4. The number of carbonyl (C=O) groups excluding carboxylic acids is 2. The first-order valence-electron chi connectivity index (χ1n) is 25.4. The summed E-state index contributed by atoms with van der Waals surface area (Å²) < 4.78 is 66.6. The lowest BCUT2D eigenvalue weighted by Crippen LogP contribution is -2.44. The Hall–Kier alpha value is -3.88. The van der Waals surface area contributed by atoms with Gasteiger partial charge in [-0.05, 0) is 112 Å². The van der Waals surface area contributed by atoms with Crippen molar-refractivity contribution in [2.24, 2.45) is 0 Å². The molecule has 0 bridgehead atoms. The third-order valence-corrected chi connectivity index (χ3v) is 19.7. The van der Waals surface area contributed by atoms with Gasteiger partial charge in [-0.15, -0.1) is 22.7 Å². The van der Waals surface area contributed by atoms with Crippen LogP contribution in [0.25, 0.3) is 0 Å². The molecule has 0 unspecified atom stereocenters. The molecular weight excluding hydrogens is 965 g/mol. The Bertz CT molecular complexity index is 2390. The van der Waals surface area contributed by atoms with Crippen molar-refractivity contribution >= 4 is 54.5 Å². The molecule has 18 heteroatoms. The average Bonchev–Trinajstić information content (AvgIpc) is 4.09. The number of ether oxygens (including phenoxy) is 2. The van der Waals surface area contributed by atoms with Crippen LogP contribution >= 0.6 is 22.7 Å². The molecule has 388 valence electrons. The van der Waals surface area contributed by atoms with Crippen LogP contribution < -0.4 is 30.7 Å². The fourth-order valence-corrected chi connectivity index (χ4v) is 14.3. The van der Waals surface area contributed by atoms with Crippen LogP contribution in [0, 0.1) is 0 Å². The SMILES string of the molecule is CCCCCCCCCCCCNC1CCN(S(=O)(=O)c2ccc(CNC(=O)c3cccc(OC)c3)s2)CC1.CCCCNC1CCN(S(=O)(=O)c2ccc(CNC(=O)c3cccc(OC)c3)s2)CC1.